The van der Waals surface area contributed by atoms with Gasteiger partial charge in [0.05, 0.1) is 24.7 Å². The summed E-state index contributed by atoms with van der Waals surface area (Å²) in [5.74, 6) is 0.134. The summed E-state index contributed by atoms with van der Waals surface area (Å²) in [5.41, 5.74) is -0.738. The molecule has 3 fully saturated rings. The minimum absolute atomic E-state index is 0.134. The van der Waals surface area contributed by atoms with Crippen molar-refractivity contribution in [2.75, 3.05) is 39.3 Å². The molecule has 2 saturated heterocycles. The molecule has 1 N–H and O–H groups in total. The molecule has 5 nitrogen and oxygen atoms in total. The Hall–Kier alpha value is -0.650. The summed E-state index contributed by atoms with van der Waals surface area (Å²) in [6.45, 7) is 5.87. The fraction of sp³-hybridized carbons (Fsp3) is 0.947. The van der Waals surface area contributed by atoms with Crippen molar-refractivity contribution >= 4 is 5.91 Å². The third kappa shape index (κ3) is 5.17. The van der Waals surface area contributed by atoms with E-state index in [9.17, 15) is 9.90 Å². The van der Waals surface area contributed by atoms with Crippen LogP contribution in [0.3, 0.4) is 0 Å². The average Bonchev–Trinajstić information content (AvgIpc) is 3.09. The highest BCUT2D eigenvalue weighted by atomic mass is 16.5. The van der Waals surface area contributed by atoms with Crippen molar-refractivity contribution in [3.05, 3.63) is 0 Å². The van der Waals surface area contributed by atoms with Gasteiger partial charge in [0, 0.05) is 19.6 Å². The van der Waals surface area contributed by atoms with Crippen LogP contribution in [0.15, 0.2) is 0 Å². The largest absolute Gasteiger partial charge is 0.389 e. The molecule has 0 unspecified atom stereocenters. The van der Waals surface area contributed by atoms with E-state index in [-0.39, 0.29) is 5.91 Å². The molecule has 0 atom stereocenters. The Morgan fingerprint density at radius 1 is 1.00 bits per heavy atom. The zero-order valence-electron chi connectivity index (χ0n) is 15.0. The molecule has 0 aromatic heterocycles. The van der Waals surface area contributed by atoms with Crippen LogP contribution in [0.1, 0.15) is 64.2 Å². The van der Waals surface area contributed by atoms with Gasteiger partial charge >= 0.3 is 0 Å². The number of carbonyl (C=O) groups is 1. The van der Waals surface area contributed by atoms with Crippen molar-refractivity contribution in [2.45, 2.75) is 75.9 Å². The third-order valence-electron chi connectivity index (χ3n) is 6.02. The van der Waals surface area contributed by atoms with E-state index in [1.54, 1.807) is 0 Å². The van der Waals surface area contributed by atoms with E-state index >= 15 is 0 Å². The first-order valence-electron chi connectivity index (χ1n) is 9.99. The first-order valence-corrected chi connectivity index (χ1v) is 9.99. The lowest BCUT2D eigenvalue weighted by atomic mass is 9.82. The van der Waals surface area contributed by atoms with Crippen molar-refractivity contribution in [3.8, 4) is 0 Å². The van der Waals surface area contributed by atoms with Gasteiger partial charge in [-0.3, -0.25) is 4.79 Å². The van der Waals surface area contributed by atoms with E-state index in [0.29, 0.717) is 12.5 Å². The van der Waals surface area contributed by atoms with Gasteiger partial charge in [0.25, 0.3) is 0 Å². The predicted molar refractivity (Wildman–Crippen MR) is 93.9 cm³/mol. The molecule has 2 aliphatic heterocycles. The smallest absolute Gasteiger partial charge is 0.225 e. The van der Waals surface area contributed by atoms with Crippen LogP contribution >= 0.6 is 0 Å². The minimum atomic E-state index is -0.738. The molecule has 0 radical (unpaired) electrons. The van der Waals surface area contributed by atoms with Crippen molar-refractivity contribution in [1.29, 1.82) is 0 Å². The lowest BCUT2D eigenvalue weighted by molar-refractivity contribution is -0.140. The number of aliphatic hydroxyl groups is 1. The first kappa shape index (κ1) is 18.2. The van der Waals surface area contributed by atoms with Gasteiger partial charge in [-0.05, 0) is 51.6 Å². The van der Waals surface area contributed by atoms with Gasteiger partial charge in [0.2, 0.25) is 5.91 Å². The number of hydrogen-bond donors (Lipinski definition) is 1. The maximum atomic E-state index is 12.5. The van der Waals surface area contributed by atoms with Gasteiger partial charge < -0.3 is 19.6 Å². The molecule has 24 heavy (non-hydrogen) atoms. The summed E-state index contributed by atoms with van der Waals surface area (Å²) in [6.07, 6.45) is 10.0. The number of likely N-dealkylation sites (tertiary alicyclic amines) is 2. The van der Waals surface area contributed by atoms with Crippen LogP contribution in [0, 0.1) is 0 Å². The van der Waals surface area contributed by atoms with Crippen molar-refractivity contribution in [2.24, 2.45) is 0 Å². The zero-order valence-corrected chi connectivity index (χ0v) is 15.0. The Kier molecular flexibility index (Phi) is 6.53. The summed E-state index contributed by atoms with van der Waals surface area (Å²) in [7, 11) is 0. The van der Waals surface area contributed by atoms with Crippen molar-refractivity contribution in [3.63, 3.8) is 0 Å². The molecule has 0 spiro atoms. The standard InChI is InChI=1S/C19H34N2O3/c22-18(16-19(23)8-2-1-3-9-19)21-12-6-17(7-13-21)24-15-14-20-10-4-5-11-20/h17,23H,1-16H2. The SMILES string of the molecule is O=C(CC1(O)CCCCC1)N1CCC(OCCN2CCCC2)CC1. The van der Waals surface area contributed by atoms with E-state index in [1.807, 2.05) is 4.90 Å². The second-order valence-electron chi connectivity index (χ2n) is 7.96. The normalized spacial score (nSPS) is 26.0. The van der Waals surface area contributed by atoms with Crippen LogP contribution in [0.25, 0.3) is 0 Å². The molecule has 1 saturated carbocycles. The van der Waals surface area contributed by atoms with Gasteiger partial charge in [0.15, 0.2) is 0 Å². The Bertz CT molecular complexity index is 395. The van der Waals surface area contributed by atoms with Crippen LogP contribution in [-0.4, -0.2) is 71.8 Å². The molecule has 2 heterocycles. The second-order valence-corrected chi connectivity index (χ2v) is 7.96. The van der Waals surface area contributed by atoms with Gasteiger partial charge in [-0.2, -0.15) is 0 Å². The number of nitrogens with zero attached hydrogens (tertiary/aromatic N) is 2. The average molecular weight is 338 g/mol. The van der Waals surface area contributed by atoms with E-state index in [0.717, 1.165) is 64.8 Å². The summed E-state index contributed by atoms with van der Waals surface area (Å²) in [5, 5.41) is 10.6. The molecule has 3 aliphatic rings. The highest BCUT2D eigenvalue weighted by Crippen LogP contribution is 2.31. The van der Waals surface area contributed by atoms with Crippen LogP contribution in [0.2, 0.25) is 0 Å². The molecule has 0 aromatic rings. The maximum absolute atomic E-state index is 12.5. The highest BCUT2D eigenvalue weighted by molar-refractivity contribution is 5.77. The van der Waals surface area contributed by atoms with Gasteiger partial charge in [-0.15, -0.1) is 0 Å². The Morgan fingerprint density at radius 3 is 2.33 bits per heavy atom. The Morgan fingerprint density at radius 2 is 1.67 bits per heavy atom. The molecule has 1 amide bonds. The Balaban J connectivity index is 1.32. The number of piperidine rings is 1. The number of carbonyl (C=O) groups excluding carboxylic acids is 1. The zero-order chi connectivity index (χ0) is 16.8. The van der Waals surface area contributed by atoms with Gasteiger partial charge in [0.1, 0.15) is 0 Å². The van der Waals surface area contributed by atoms with E-state index < -0.39 is 5.60 Å². The highest BCUT2D eigenvalue weighted by Gasteiger charge is 2.34. The summed E-state index contributed by atoms with van der Waals surface area (Å²) in [6, 6.07) is 0. The quantitative estimate of drug-likeness (QED) is 0.806. The molecule has 0 bridgehead atoms. The fourth-order valence-electron chi connectivity index (χ4n) is 4.41. The number of amides is 1. The van der Waals surface area contributed by atoms with Crippen LogP contribution in [0.4, 0.5) is 0 Å². The minimum Gasteiger partial charge on any atom is -0.389 e. The number of hydrogen-bond acceptors (Lipinski definition) is 4. The molecule has 138 valence electrons. The van der Waals surface area contributed by atoms with E-state index in [4.69, 9.17) is 4.74 Å². The summed E-state index contributed by atoms with van der Waals surface area (Å²) in [4.78, 5) is 16.9. The summed E-state index contributed by atoms with van der Waals surface area (Å²) < 4.78 is 6.01. The maximum Gasteiger partial charge on any atom is 0.225 e. The van der Waals surface area contributed by atoms with E-state index in [2.05, 4.69) is 4.90 Å². The lowest BCUT2D eigenvalue weighted by Crippen LogP contribution is -2.45. The lowest BCUT2D eigenvalue weighted by Gasteiger charge is -2.36. The second kappa shape index (κ2) is 8.63. The fourth-order valence-corrected chi connectivity index (χ4v) is 4.41. The van der Waals surface area contributed by atoms with Crippen LogP contribution < -0.4 is 0 Å². The monoisotopic (exact) mass is 338 g/mol. The van der Waals surface area contributed by atoms with E-state index in [1.165, 1.54) is 32.4 Å². The van der Waals surface area contributed by atoms with Gasteiger partial charge in [-0.25, -0.2) is 0 Å². The van der Waals surface area contributed by atoms with Crippen molar-refractivity contribution in [1.82, 2.24) is 9.80 Å². The van der Waals surface area contributed by atoms with Crippen molar-refractivity contribution < 1.29 is 14.6 Å². The predicted octanol–water partition coefficient (Wildman–Crippen LogP) is 2.18. The first-order chi connectivity index (χ1) is 11.6. The molecule has 3 rings (SSSR count). The summed E-state index contributed by atoms with van der Waals surface area (Å²) >= 11 is 0. The van der Waals surface area contributed by atoms with Crippen LogP contribution in [-0.2, 0) is 9.53 Å². The topological polar surface area (TPSA) is 53.0 Å². The molecular weight excluding hydrogens is 304 g/mol. The Labute approximate surface area is 146 Å². The molecule has 5 heteroatoms. The molecular formula is C19H34N2O3. The molecule has 1 aliphatic carbocycles. The third-order valence-corrected chi connectivity index (χ3v) is 6.02. The number of ether oxygens (including phenoxy) is 1. The number of rotatable bonds is 6. The van der Waals surface area contributed by atoms with Gasteiger partial charge in [-0.1, -0.05) is 19.3 Å². The molecule has 0 aromatic carbocycles. The van der Waals surface area contributed by atoms with Crippen LogP contribution in [0.5, 0.6) is 0 Å².